The second-order valence-electron chi connectivity index (χ2n) is 5.37. The van der Waals surface area contributed by atoms with E-state index < -0.39 is 0 Å². The molecular weight excluding hydrogens is 290 g/mol. The first-order valence-electron chi connectivity index (χ1n) is 7.27. The molecule has 2 aromatic heterocycles. The summed E-state index contributed by atoms with van der Waals surface area (Å²) in [6.45, 7) is 5.77. The molecule has 1 aromatic carbocycles. The fourth-order valence-electron chi connectivity index (χ4n) is 2.40. The van der Waals surface area contributed by atoms with E-state index in [0.717, 1.165) is 17.0 Å². The van der Waals surface area contributed by atoms with Crippen molar-refractivity contribution in [3.05, 3.63) is 65.2 Å². The molecule has 3 aromatic rings. The summed E-state index contributed by atoms with van der Waals surface area (Å²) in [4.78, 5) is 20.7. The molecule has 0 fully saturated rings. The van der Waals surface area contributed by atoms with Gasteiger partial charge in [0.05, 0.1) is 5.69 Å². The first-order chi connectivity index (χ1) is 11.0. The molecule has 3 rings (SSSR count). The predicted molar refractivity (Wildman–Crippen MR) is 87.8 cm³/mol. The summed E-state index contributed by atoms with van der Waals surface area (Å²) in [6, 6.07) is 11.1. The molecule has 6 heteroatoms. The van der Waals surface area contributed by atoms with Crippen molar-refractivity contribution >= 4 is 11.7 Å². The van der Waals surface area contributed by atoms with Gasteiger partial charge in [0.15, 0.2) is 5.82 Å². The van der Waals surface area contributed by atoms with E-state index in [0.29, 0.717) is 17.2 Å². The standard InChI is InChI=1S/C17H17N5O/c1-11-6-4-5-7-14(11)17(23)20-15-9-16(19-10-18-15)22-13(3)8-12(2)21-22/h4-10H,1-3H3,(H,18,19,20,23). The lowest BCUT2D eigenvalue weighted by Gasteiger charge is -2.08. The van der Waals surface area contributed by atoms with E-state index in [2.05, 4.69) is 20.4 Å². The Balaban J connectivity index is 1.87. The Bertz CT molecular complexity index is 869. The van der Waals surface area contributed by atoms with Gasteiger partial charge in [0.2, 0.25) is 0 Å². The van der Waals surface area contributed by atoms with Gasteiger partial charge in [0.25, 0.3) is 5.91 Å². The molecule has 0 bridgehead atoms. The summed E-state index contributed by atoms with van der Waals surface area (Å²) in [5.74, 6) is 0.864. The second-order valence-corrected chi connectivity index (χ2v) is 5.37. The van der Waals surface area contributed by atoms with Gasteiger partial charge >= 0.3 is 0 Å². The molecular formula is C17H17N5O. The Morgan fingerprint density at radius 3 is 2.57 bits per heavy atom. The van der Waals surface area contributed by atoms with Crippen LogP contribution in [0.2, 0.25) is 0 Å². The van der Waals surface area contributed by atoms with Crippen LogP contribution in [0.5, 0.6) is 0 Å². The topological polar surface area (TPSA) is 72.7 Å². The second kappa shape index (κ2) is 6.00. The number of aryl methyl sites for hydroxylation is 3. The number of nitrogens with one attached hydrogen (secondary N) is 1. The molecule has 0 aliphatic carbocycles. The van der Waals surface area contributed by atoms with Gasteiger partial charge in [0, 0.05) is 17.3 Å². The summed E-state index contributed by atoms with van der Waals surface area (Å²) in [6.07, 6.45) is 1.42. The maximum atomic E-state index is 12.4. The minimum Gasteiger partial charge on any atom is -0.306 e. The van der Waals surface area contributed by atoms with Crippen LogP contribution in [0.4, 0.5) is 5.82 Å². The molecule has 0 radical (unpaired) electrons. The van der Waals surface area contributed by atoms with Gasteiger partial charge in [-0.05, 0) is 38.5 Å². The molecule has 6 nitrogen and oxygen atoms in total. The highest BCUT2D eigenvalue weighted by atomic mass is 16.1. The van der Waals surface area contributed by atoms with E-state index >= 15 is 0 Å². The van der Waals surface area contributed by atoms with E-state index in [1.807, 2.05) is 45.0 Å². The van der Waals surface area contributed by atoms with Crippen LogP contribution >= 0.6 is 0 Å². The zero-order valence-corrected chi connectivity index (χ0v) is 13.2. The first kappa shape index (κ1) is 14.9. The van der Waals surface area contributed by atoms with Crippen molar-refractivity contribution in [2.75, 3.05) is 5.32 Å². The summed E-state index contributed by atoms with van der Waals surface area (Å²) in [5, 5.41) is 7.19. The van der Waals surface area contributed by atoms with Crippen molar-refractivity contribution in [3.8, 4) is 5.82 Å². The monoisotopic (exact) mass is 307 g/mol. The molecule has 0 saturated heterocycles. The number of hydrogen-bond donors (Lipinski definition) is 1. The van der Waals surface area contributed by atoms with Crippen LogP contribution in [-0.2, 0) is 0 Å². The van der Waals surface area contributed by atoms with E-state index in [-0.39, 0.29) is 5.91 Å². The molecule has 0 unspecified atom stereocenters. The van der Waals surface area contributed by atoms with Crippen molar-refractivity contribution in [1.82, 2.24) is 19.7 Å². The number of carbonyl (C=O) groups excluding carboxylic acids is 1. The Morgan fingerprint density at radius 2 is 1.87 bits per heavy atom. The summed E-state index contributed by atoms with van der Waals surface area (Å²) in [7, 11) is 0. The highest BCUT2D eigenvalue weighted by Crippen LogP contribution is 2.14. The maximum Gasteiger partial charge on any atom is 0.257 e. The highest BCUT2D eigenvalue weighted by molar-refractivity contribution is 6.04. The quantitative estimate of drug-likeness (QED) is 0.807. The third-order valence-electron chi connectivity index (χ3n) is 3.51. The molecule has 0 aliphatic heterocycles. The lowest BCUT2D eigenvalue weighted by molar-refractivity contribution is 0.102. The van der Waals surface area contributed by atoms with Gasteiger partial charge in [0.1, 0.15) is 12.1 Å². The van der Waals surface area contributed by atoms with Crippen LogP contribution < -0.4 is 5.32 Å². The molecule has 0 saturated carbocycles. The lowest BCUT2D eigenvalue weighted by atomic mass is 10.1. The van der Waals surface area contributed by atoms with Gasteiger partial charge in [-0.15, -0.1) is 0 Å². The van der Waals surface area contributed by atoms with Crippen LogP contribution in [-0.4, -0.2) is 25.7 Å². The SMILES string of the molecule is Cc1cc(C)n(-c2cc(NC(=O)c3ccccc3C)ncn2)n1. The average molecular weight is 307 g/mol. The number of benzene rings is 1. The highest BCUT2D eigenvalue weighted by Gasteiger charge is 2.11. The number of nitrogens with zero attached hydrogens (tertiary/aromatic N) is 4. The molecule has 116 valence electrons. The Hall–Kier alpha value is -3.02. The smallest absolute Gasteiger partial charge is 0.257 e. The zero-order valence-electron chi connectivity index (χ0n) is 13.2. The molecule has 2 heterocycles. The van der Waals surface area contributed by atoms with Gasteiger partial charge in [-0.3, -0.25) is 4.79 Å². The molecule has 23 heavy (non-hydrogen) atoms. The van der Waals surface area contributed by atoms with Crippen LogP contribution in [0.1, 0.15) is 27.3 Å². The van der Waals surface area contributed by atoms with Gasteiger partial charge in [-0.1, -0.05) is 18.2 Å². The van der Waals surface area contributed by atoms with Gasteiger partial charge in [-0.2, -0.15) is 5.10 Å². The average Bonchev–Trinajstić information content (AvgIpc) is 2.86. The van der Waals surface area contributed by atoms with Crippen molar-refractivity contribution in [2.24, 2.45) is 0 Å². The van der Waals surface area contributed by atoms with E-state index in [9.17, 15) is 4.79 Å². The molecule has 0 aliphatic rings. The fourth-order valence-corrected chi connectivity index (χ4v) is 2.40. The largest absolute Gasteiger partial charge is 0.306 e. The van der Waals surface area contributed by atoms with Crippen LogP contribution in [0.25, 0.3) is 5.82 Å². The van der Waals surface area contributed by atoms with Crippen molar-refractivity contribution < 1.29 is 4.79 Å². The number of aromatic nitrogens is 4. The van der Waals surface area contributed by atoms with E-state index in [1.165, 1.54) is 6.33 Å². The van der Waals surface area contributed by atoms with Crippen LogP contribution in [0, 0.1) is 20.8 Å². The zero-order chi connectivity index (χ0) is 16.4. The Labute approximate surface area is 134 Å². The normalized spacial score (nSPS) is 10.6. The Kier molecular flexibility index (Phi) is 3.89. The number of hydrogen-bond acceptors (Lipinski definition) is 4. The number of rotatable bonds is 3. The number of carbonyl (C=O) groups is 1. The number of anilines is 1. The lowest BCUT2D eigenvalue weighted by Crippen LogP contribution is -2.15. The van der Waals surface area contributed by atoms with E-state index in [4.69, 9.17) is 0 Å². The maximum absolute atomic E-state index is 12.4. The van der Waals surface area contributed by atoms with Crippen LogP contribution in [0.15, 0.2) is 42.7 Å². The summed E-state index contributed by atoms with van der Waals surface area (Å²) < 4.78 is 1.72. The third-order valence-corrected chi connectivity index (χ3v) is 3.51. The van der Waals surface area contributed by atoms with Gasteiger partial charge < -0.3 is 5.32 Å². The predicted octanol–water partition coefficient (Wildman–Crippen LogP) is 2.84. The van der Waals surface area contributed by atoms with Crippen molar-refractivity contribution in [2.45, 2.75) is 20.8 Å². The minimum atomic E-state index is -0.193. The molecule has 1 N–H and O–H groups in total. The minimum absolute atomic E-state index is 0.193. The Morgan fingerprint density at radius 1 is 1.09 bits per heavy atom. The summed E-state index contributed by atoms with van der Waals surface area (Å²) in [5.41, 5.74) is 3.42. The molecule has 0 spiro atoms. The van der Waals surface area contributed by atoms with Gasteiger partial charge in [-0.25, -0.2) is 14.6 Å². The molecule has 0 atom stereocenters. The fraction of sp³-hybridized carbons (Fsp3) is 0.176. The third kappa shape index (κ3) is 3.11. The van der Waals surface area contributed by atoms with Crippen molar-refractivity contribution in [1.29, 1.82) is 0 Å². The van der Waals surface area contributed by atoms with Crippen molar-refractivity contribution in [3.63, 3.8) is 0 Å². The first-order valence-corrected chi connectivity index (χ1v) is 7.27. The molecule has 1 amide bonds. The number of amides is 1. The van der Waals surface area contributed by atoms with Crippen LogP contribution in [0.3, 0.4) is 0 Å². The summed E-state index contributed by atoms with van der Waals surface area (Å²) >= 11 is 0. The van der Waals surface area contributed by atoms with E-state index in [1.54, 1.807) is 16.8 Å².